The van der Waals surface area contributed by atoms with Crippen LogP contribution in [0.5, 0.6) is 0 Å². The first-order valence-corrected chi connectivity index (χ1v) is 8.03. The Morgan fingerprint density at radius 3 is 1.60 bits per heavy atom. The standard InChI is InChI=1S/C11H24ClN2P/c1-8(2)13-10(5)7-11(6)14(9(3)4)15(13)12/h8-11H,7H2,1-6H3. The van der Waals surface area contributed by atoms with E-state index in [0.29, 0.717) is 24.2 Å². The molecule has 0 aromatic heterocycles. The Morgan fingerprint density at radius 2 is 1.33 bits per heavy atom. The molecule has 15 heavy (non-hydrogen) atoms. The predicted molar refractivity (Wildman–Crippen MR) is 70.3 cm³/mol. The molecule has 0 radical (unpaired) electrons. The van der Waals surface area contributed by atoms with E-state index in [1.807, 2.05) is 0 Å². The zero-order chi connectivity index (χ0) is 11.7. The van der Waals surface area contributed by atoms with Gasteiger partial charge in [-0.2, -0.15) is 0 Å². The van der Waals surface area contributed by atoms with Crippen LogP contribution in [0, 0.1) is 0 Å². The fourth-order valence-corrected chi connectivity index (χ4v) is 6.33. The number of rotatable bonds is 2. The van der Waals surface area contributed by atoms with Gasteiger partial charge in [-0.25, -0.2) is 0 Å². The van der Waals surface area contributed by atoms with Crippen molar-refractivity contribution in [3.8, 4) is 0 Å². The normalized spacial score (nSPS) is 35.4. The summed E-state index contributed by atoms with van der Waals surface area (Å²) in [5, 5.41) is 0. The van der Waals surface area contributed by atoms with Crippen LogP contribution in [0.1, 0.15) is 48.0 Å². The maximum Gasteiger partial charge on any atom is 0.141 e. The van der Waals surface area contributed by atoms with Crippen LogP contribution in [0.25, 0.3) is 0 Å². The second-order valence-corrected chi connectivity index (χ2v) is 7.43. The molecule has 1 fully saturated rings. The Kier molecular flexibility index (Phi) is 4.85. The van der Waals surface area contributed by atoms with Crippen LogP contribution in [0.15, 0.2) is 0 Å². The lowest BCUT2D eigenvalue weighted by atomic mass is 10.1. The number of hydrogen-bond donors (Lipinski definition) is 0. The van der Waals surface area contributed by atoms with Crippen LogP contribution in [-0.4, -0.2) is 33.5 Å². The van der Waals surface area contributed by atoms with Crippen LogP contribution < -0.4 is 0 Å². The van der Waals surface area contributed by atoms with Crippen LogP contribution in [0.3, 0.4) is 0 Å². The van der Waals surface area contributed by atoms with E-state index in [1.165, 1.54) is 6.42 Å². The van der Waals surface area contributed by atoms with Crippen LogP contribution in [0.2, 0.25) is 0 Å². The van der Waals surface area contributed by atoms with Gasteiger partial charge in [-0.3, -0.25) is 9.34 Å². The maximum atomic E-state index is 6.65. The van der Waals surface area contributed by atoms with Gasteiger partial charge in [-0.15, -0.1) is 0 Å². The molecule has 1 aliphatic rings. The molecule has 0 saturated carbocycles. The summed E-state index contributed by atoms with van der Waals surface area (Å²) in [6.45, 7) is 13.6. The number of hydrogen-bond acceptors (Lipinski definition) is 2. The zero-order valence-corrected chi connectivity index (χ0v) is 12.4. The molecule has 4 heteroatoms. The average molecular weight is 251 g/mol. The average Bonchev–Trinajstić information content (AvgIpc) is 1.99. The third kappa shape index (κ3) is 2.85. The van der Waals surface area contributed by atoms with Crippen molar-refractivity contribution in [3.63, 3.8) is 0 Å². The first-order chi connectivity index (χ1) is 6.86. The van der Waals surface area contributed by atoms with E-state index in [2.05, 4.69) is 50.9 Å². The largest absolute Gasteiger partial charge is 0.252 e. The quantitative estimate of drug-likeness (QED) is 0.682. The second-order valence-electron chi connectivity index (χ2n) is 5.12. The molecular formula is C11H24ClN2P. The monoisotopic (exact) mass is 250 g/mol. The van der Waals surface area contributed by atoms with Crippen molar-refractivity contribution in [2.24, 2.45) is 0 Å². The van der Waals surface area contributed by atoms with Crippen LogP contribution in [-0.2, 0) is 0 Å². The van der Waals surface area contributed by atoms with E-state index < -0.39 is 7.58 Å². The second kappa shape index (κ2) is 5.31. The topological polar surface area (TPSA) is 6.48 Å². The first kappa shape index (κ1) is 13.7. The predicted octanol–water partition coefficient (Wildman–Crippen LogP) is 4.05. The minimum absolute atomic E-state index is 0.539. The van der Waals surface area contributed by atoms with Gasteiger partial charge in [0.15, 0.2) is 0 Å². The highest BCUT2D eigenvalue weighted by Gasteiger charge is 2.39. The molecule has 0 spiro atoms. The van der Waals surface area contributed by atoms with Gasteiger partial charge >= 0.3 is 0 Å². The molecule has 0 aliphatic carbocycles. The Bertz CT molecular complexity index is 191. The van der Waals surface area contributed by atoms with Crippen molar-refractivity contribution in [2.45, 2.75) is 72.1 Å². The summed E-state index contributed by atoms with van der Waals surface area (Å²) < 4.78 is 4.94. The van der Waals surface area contributed by atoms with Gasteiger partial charge < -0.3 is 0 Å². The highest BCUT2D eigenvalue weighted by molar-refractivity contribution is 7.80. The molecule has 0 aromatic rings. The molecule has 1 saturated heterocycles. The first-order valence-electron chi connectivity index (χ1n) is 5.88. The molecule has 2 nitrogen and oxygen atoms in total. The molecular weight excluding hydrogens is 227 g/mol. The summed E-state index contributed by atoms with van der Waals surface area (Å²) in [6.07, 6.45) is 1.22. The van der Waals surface area contributed by atoms with E-state index in [1.54, 1.807) is 0 Å². The third-order valence-corrected chi connectivity index (χ3v) is 6.55. The van der Waals surface area contributed by atoms with Crippen LogP contribution >= 0.6 is 18.8 Å². The molecule has 0 amide bonds. The van der Waals surface area contributed by atoms with Crippen molar-refractivity contribution >= 4 is 18.8 Å². The van der Waals surface area contributed by atoms with Gasteiger partial charge in [-0.1, -0.05) is 11.2 Å². The van der Waals surface area contributed by atoms with Gasteiger partial charge in [0.1, 0.15) is 7.58 Å². The molecule has 0 aromatic carbocycles. The molecule has 2 atom stereocenters. The lowest BCUT2D eigenvalue weighted by Gasteiger charge is -2.50. The highest BCUT2D eigenvalue weighted by atomic mass is 35.7. The van der Waals surface area contributed by atoms with Crippen molar-refractivity contribution in [3.05, 3.63) is 0 Å². The lowest BCUT2D eigenvalue weighted by Crippen LogP contribution is -2.49. The Hall–Kier alpha value is 0.640. The van der Waals surface area contributed by atoms with Gasteiger partial charge in [0.2, 0.25) is 0 Å². The highest BCUT2D eigenvalue weighted by Crippen LogP contribution is 2.57. The number of nitrogens with zero attached hydrogens (tertiary/aromatic N) is 2. The summed E-state index contributed by atoms with van der Waals surface area (Å²) in [5.74, 6) is 0. The Morgan fingerprint density at radius 1 is 1.00 bits per heavy atom. The molecule has 90 valence electrons. The van der Waals surface area contributed by atoms with E-state index in [0.717, 1.165) is 0 Å². The van der Waals surface area contributed by atoms with Crippen molar-refractivity contribution in [2.75, 3.05) is 0 Å². The molecule has 1 aliphatic heterocycles. The third-order valence-electron chi connectivity index (χ3n) is 3.02. The number of halogens is 1. The summed E-state index contributed by atoms with van der Waals surface area (Å²) >= 11 is 6.65. The van der Waals surface area contributed by atoms with Crippen molar-refractivity contribution < 1.29 is 0 Å². The molecule has 1 rings (SSSR count). The van der Waals surface area contributed by atoms with Gasteiger partial charge in [0.25, 0.3) is 0 Å². The zero-order valence-electron chi connectivity index (χ0n) is 10.7. The Labute approximate surface area is 101 Å². The smallest absolute Gasteiger partial charge is 0.141 e. The fraction of sp³-hybridized carbons (Fsp3) is 1.00. The minimum atomic E-state index is -0.637. The summed E-state index contributed by atoms with van der Waals surface area (Å²) in [5.41, 5.74) is 0. The molecule has 0 N–H and O–H groups in total. The van der Waals surface area contributed by atoms with Gasteiger partial charge in [0, 0.05) is 24.2 Å². The molecule has 2 unspecified atom stereocenters. The maximum absolute atomic E-state index is 6.65. The molecule has 0 bridgehead atoms. The van der Waals surface area contributed by atoms with Crippen molar-refractivity contribution in [1.29, 1.82) is 0 Å². The summed E-state index contributed by atoms with van der Waals surface area (Å²) in [6, 6.07) is 2.30. The van der Waals surface area contributed by atoms with Crippen molar-refractivity contribution in [1.82, 2.24) is 9.34 Å². The Balaban J connectivity index is 2.84. The van der Waals surface area contributed by atoms with E-state index in [9.17, 15) is 0 Å². The minimum Gasteiger partial charge on any atom is -0.252 e. The van der Waals surface area contributed by atoms with E-state index in [-0.39, 0.29) is 0 Å². The summed E-state index contributed by atoms with van der Waals surface area (Å²) in [7, 11) is -0.637. The van der Waals surface area contributed by atoms with Gasteiger partial charge in [0.05, 0.1) is 0 Å². The molecule has 1 heterocycles. The fourth-order valence-electron chi connectivity index (χ4n) is 2.55. The SMILES string of the molecule is CC(C)N1C(C)CC(C)N(C(C)C)P1Cl. The van der Waals surface area contributed by atoms with Gasteiger partial charge in [-0.05, 0) is 48.0 Å². The lowest BCUT2D eigenvalue weighted by molar-refractivity contribution is 0.169. The van der Waals surface area contributed by atoms with Crippen LogP contribution in [0.4, 0.5) is 0 Å². The van der Waals surface area contributed by atoms with E-state index in [4.69, 9.17) is 11.2 Å². The summed E-state index contributed by atoms with van der Waals surface area (Å²) in [4.78, 5) is 0. The van der Waals surface area contributed by atoms with E-state index >= 15 is 0 Å².